The van der Waals surface area contributed by atoms with Crippen molar-refractivity contribution in [1.82, 2.24) is 10.3 Å². The minimum absolute atomic E-state index is 0.0781. The van der Waals surface area contributed by atoms with Crippen LogP contribution in [0.25, 0.3) is 10.9 Å². The number of aromatic amines is 1. The summed E-state index contributed by atoms with van der Waals surface area (Å²) in [5, 5.41) is 3.23. The van der Waals surface area contributed by atoms with Gasteiger partial charge in [0.2, 0.25) is 5.43 Å². The van der Waals surface area contributed by atoms with Gasteiger partial charge in [-0.15, -0.1) is 0 Å². The number of ether oxygens (including phenoxy) is 2. The molecule has 0 radical (unpaired) electrons. The van der Waals surface area contributed by atoms with Crippen molar-refractivity contribution in [3.63, 3.8) is 0 Å². The van der Waals surface area contributed by atoms with Crippen molar-refractivity contribution >= 4 is 44.1 Å². The van der Waals surface area contributed by atoms with E-state index in [-0.39, 0.29) is 21.5 Å². The Kier molecular flexibility index (Phi) is 8.38. The van der Waals surface area contributed by atoms with Gasteiger partial charge in [-0.05, 0) is 36.4 Å². The van der Waals surface area contributed by atoms with E-state index in [1.165, 1.54) is 49.5 Å². The minimum atomic E-state index is -4.08. The van der Waals surface area contributed by atoms with Crippen LogP contribution in [0.2, 0.25) is 5.02 Å². The normalized spacial score (nSPS) is 14.5. The summed E-state index contributed by atoms with van der Waals surface area (Å²) in [5.74, 6) is -0.183. The second-order valence-corrected chi connectivity index (χ2v) is 11.2. The van der Waals surface area contributed by atoms with Crippen LogP contribution < -0.4 is 24.7 Å². The number of halogens is 1. The molecule has 1 fully saturated rings. The third kappa shape index (κ3) is 5.90. The molecule has 3 aromatic rings. The number of hydrogen-bond acceptors (Lipinski definition) is 6. The molecular formula is C25H30ClN4O6S+. The van der Waals surface area contributed by atoms with Gasteiger partial charge in [0.15, 0.2) is 0 Å². The Morgan fingerprint density at radius 1 is 1.22 bits per heavy atom. The smallest absolute Gasteiger partial charge is 0.264 e. The molecule has 37 heavy (non-hydrogen) atoms. The predicted molar refractivity (Wildman–Crippen MR) is 141 cm³/mol. The van der Waals surface area contributed by atoms with E-state index < -0.39 is 21.4 Å². The number of hydrogen-bond donors (Lipinski definition) is 3. The Bertz CT molecular complexity index is 1450. The van der Waals surface area contributed by atoms with E-state index in [0.29, 0.717) is 22.8 Å². The van der Waals surface area contributed by atoms with Crippen LogP contribution in [-0.2, 0) is 14.8 Å². The fourth-order valence-electron chi connectivity index (χ4n) is 4.27. The number of nitrogens with one attached hydrogen (secondary N) is 3. The maximum absolute atomic E-state index is 13.4. The Morgan fingerprint density at radius 3 is 2.70 bits per heavy atom. The SMILES string of the molecule is COc1ccc(Cl)cc1N(C)S(=O)(=O)c1ccc2[nH]cc(C(=O)NCCC[NH+]3CCOCC3)c(=O)c2c1. The molecule has 2 heterocycles. The average molecular weight is 550 g/mol. The zero-order valence-electron chi connectivity index (χ0n) is 20.7. The summed E-state index contributed by atoms with van der Waals surface area (Å²) >= 11 is 6.08. The first-order valence-electron chi connectivity index (χ1n) is 11.9. The molecule has 1 aliphatic rings. The maximum atomic E-state index is 13.4. The second kappa shape index (κ2) is 11.5. The molecule has 0 bridgehead atoms. The van der Waals surface area contributed by atoms with Crippen LogP contribution in [-0.4, -0.2) is 72.9 Å². The van der Waals surface area contributed by atoms with Gasteiger partial charge in [-0.3, -0.25) is 13.9 Å². The third-order valence-corrected chi connectivity index (χ3v) is 8.43. The van der Waals surface area contributed by atoms with Crippen LogP contribution >= 0.6 is 11.6 Å². The highest BCUT2D eigenvalue weighted by Gasteiger charge is 2.25. The summed E-state index contributed by atoms with van der Waals surface area (Å²) in [6.45, 7) is 4.72. The molecule has 4 rings (SSSR count). The molecule has 1 aliphatic heterocycles. The van der Waals surface area contributed by atoms with Crippen molar-refractivity contribution in [3.8, 4) is 5.75 Å². The van der Waals surface area contributed by atoms with Gasteiger partial charge in [0.05, 0.1) is 37.5 Å². The van der Waals surface area contributed by atoms with Crippen LogP contribution in [0.1, 0.15) is 16.8 Å². The Balaban J connectivity index is 1.55. The predicted octanol–water partition coefficient (Wildman–Crippen LogP) is 1.05. The van der Waals surface area contributed by atoms with E-state index in [1.807, 2.05) is 0 Å². The van der Waals surface area contributed by atoms with Crippen molar-refractivity contribution in [2.24, 2.45) is 0 Å². The first-order valence-corrected chi connectivity index (χ1v) is 13.7. The number of sulfonamides is 1. The molecule has 3 N–H and O–H groups in total. The number of nitrogens with zero attached hydrogens (tertiary/aromatic N) is 1. The van der Waals surface area contributed by atoms with Crippen LogP contribution in [0.5, 0.6) is 5.75 Å². The zero-order chi connectivity index (χ0) is 26.6. The number of anilines is 1. The Hall–Kier alpha value is -3.12. The molecule has 1 saturated heterocycles. The topological polar surface area (TPSA) is 122 Å². The number of carbonyl (C=O) groups excluding carboxylic acids is 1. The molecule has 0 saturated carbocycles. The molecule has 0 spiro atoms. The molecule has 2 aromatic carbocycles. The Labute approximate surface area is 220 Å². The number of quaternary nitrogens is 1. The quantitative estimate of drug-likeness (QED) is 0.343. The molecule has 10 nitrogen and oxygen atoms in total. The average Bonchev–Trinajstić information content (AvgIpc) is 2.91. The first-order chi connectivity index (χ1) is 17.7. The lowest BCUT2D eigenvalue weighted by molar-refractivity contribution is -0.908. The zero-order valence-corrected chi connectivity index (χ0v) is 22.2. The lowest BCUT2D eigenvalue weighted by atomic mass is 10.1. The summed E-state index contributed by atoms with van der Waals surface area (Å²) < 4.78 is 38.5. The van der Waals surface area contributed by atoms with Gasteiger partial charge >= 0.3 is 0 Å². The van der Waals surface area contributed by atoms with Crippen LogP contribution in [0.4, 0.5) is 5.69 Å². The number of carbonyl (C=O) groups is 1. The molecule has 0 aliphatic carbocycles. The van der Waals surface area contributed by atoms with Crippen molar-refractivity contribution in [3.05, 3.63) is 63.4 Å². The molecule has 198 valence electrons. The van der Waals surface area contributed by atoms with Gasteiger partial charge in [-0.2, -0.15) is 0 Å². The van der Waals surface area contributed by atoms with E-state index in [0.717, 1.165) is 43.6 Å². The third-order valence-electron chi connectivity index (χ3n) is 6.43. The van der Waals surface area contributed by atoms with Crippen LogP contribution in [0.3, 0.4) is 0 Å². The largest absolute Gasteiger partial charge is 0.495 e. The molecule has 0 atom stereocenters. The lowest BCUT2D eigenvalue weighted by Crippen LogP contribution is -3.14. The van der Waals surface area contributed by atoms with Gasteiger partial charge in [0.25, 0.3) is 15.9 Å². The van der Waals surface area contributed by atoms with Crippen LogP contribution in [0, 0.1) is 0 Å². The number of aromatic nitrogens is 1. The number of fused-ring (bicyclic) bond motifs is 1. The van der Waals surface area contributed by atoms with Gasteiger partial charge in [-0.1, -0.05) is 11.6 Å². The van der Waals surface area contributed by atoms with E-state index in [2.05, 4.69) is 10.3 Å². The summed E-state index contributed by atoms with van der Waals surface area (Å²) in [5.41, 5.74) is 0.0335. The lowest BCUT2D eigenvalue weighted by Gasteiger charge is -2.23. The van der Waals surface area contributed by atoms with Crippen LogP contribution in [0.15, 0.2) is 52.3 Å². The second-order valence-electron chi connectivity index (χ2n) is 8.75. The van der Waals surface area contributed by atoms with Crippen molar-refractivity contribution in [2.45, 2.75) is 11.3 Å². The van der Waals surface area contributed by atoms with Gasteiger partial charge in [-0.25, -0.2) is 8.42 Å². The summed E-state index contributed by atoms with van der Waals surface area (Å²) in [6, 6.07) is 8.82. The molecule has 1 amide bonds. The summed E-state index contributed by atoms with van der Waals surface area (Å²) in [7, 11) is -1.28. The van der Waals surface area contributed by atoms with E-state index in [4.69, 9.17) is 21.1 Å². The van der Waals surface area contributed by atoms with Gasteiger partial charge in [0.1, 0.15) is 24.4 Å². The molecular weight excluding hydrogens is 520 g/mol. The van der Waals surface area contributed by atoms with E-state index >= 15 is 0 Å². The van der Waals surface area contributed by atoms with Crippen molar-refractivity contribution in [2.75, 3.05) is 57.9 Å². The first kappa shape index (κ1) is 26.9. The highest BCUT2D eigenvalue weighted by Crippen LogP contribution is 2.34. The summed E-state index contributed by atoms with van der Waals surface area (Å²) in [6.07, 6.45) is 2.12. The highest BCUT2D eigenvalue weighted by atomic mass is 35.5. The number of amides is 1. The number of benzene rings is 2. The molecule has 1 aromatic heterocycles. The number of H-pyrrole nitrogens is 1. The number of morpholine rings is 1. The minimum Gasteiger partial charge on any atom is -0.495 e. The van der Waals surface area contributed by atoms with Crippen molar-refractivity contribution < 1.29 is 27.6 Å². The summed E-state index contributed by atoms with van der Waals surface area (Å²) in [4.78, 5) is 30.1. The van der Waals surface area contributed by atoms with Gasteiger partial charge in [0, 0.05) is 42.1 Å². The van der Waals surface area contributed by atoms with E-state index in [1.54, 1.807) is 12.1 Å². The number of rotatable bonds is 9. The van der Waals surface area contributed by atoms with E-state index in [9.17, 15) is 18.0 Å². The highest BCUT2D eigenvalue weighted by molar-refractivity contribution is 7.92. The molecule has 12 heteroatoms. The number of pyridine rings is 1. The Morgan fingerprint density at radius 2 is 1.97 bits per heavy atom. The number of methoxy groups -OCH3 is 1. The van der Waals surface area contributed by atoms with Gasteiger partial charge < -0.3 is 24.7 Å². The monoisotopic (exact) mass is 549 g/mol. The fourth-order valence-corrected chi connectivity index (χ4v) is 5.66. The van der Waals surface area contributed by atoms with Crippen molar-refractivity contribution in [1.29, 1.82) is 0 Å². The fraction of sp³-hybridized carbons (Fsp3) is 0.360. The standard InChI is InChI=1S/C25H29ClN4O6S/c1-29(22-14-17(26)4-7-23(22)35-2)37(33,34)18-5-6-21-19(15-18)24(31)20(16-28-21)25(32)27-8-3-9-30-10-12-36-13-11-30/h4-7,14-16H,3,8-13H2,1-2H3,(H,27,32)(H,28,31)/p+1. The molecule has 0 unspecified atom stereocenters. The maximum Gasteiger partial charge on any atom is 0.264 e.